The second kappa shape index (κ2) is 4.79. The maximum atomic E-state index is 12.6. The first-order valence-corrected chi connectivity index (χ1v) is 6.29. The lowest BCUT2D eigenvalue weighted by Crippen LogP contribution is -2.51. The molecule has 1 saturated heterocycles. The number of nitrogens with one attached hydrogen (secondary N) is 1. The molecule has 0 aromatic rings. The molecule has 2 aliphatic rings. The fraction of sp³-hybridized carbons (Fsp3) is 1.00. The van der Waals surface area contributed by atoms with E-state index in [2.05, 4.69) is 24.1 Å². The van der Waals surface area contributed by atoms with Crippen molar-refractivity contribution in [3.05, 3.63) is 0 Å². The minimum absolute atomic E-state index is 0.468. The van der Waals surface area contributed by atoms with Gasteiger partial charge in [0.25, 0.3) is 0 Å². The van der Waals surface area contributed by atoms with Crippen LogP contribution in [0.5, 0.6) is 0 Å². The van der Waals surface area contributed by atoms with Crippen LogP contribution in [-0.4, -0.2) is 42.3 Å². The van der Waals surface area contributed by atoms with E-state index in [1.54, 1.807) is 0 Å². The van der Waals surface area contributed by atoms with E-state index in [1.165, 1.54) is 25.9 Å². The average Bonchev–Trinajstić information content (AvgIpc) is 2.16. The Bertz CT molecular complexity index is 194. The first-order chi connectivity index (χ1) is 7.15. The minimum atomic E-state index is -0.529. The summed E-state index contributed by atoms with van der Waals surface area (Å²) in [6, 6.07) is 1.78. The van der Waals surface area contributed by atoms with Gasteiger partial charge in [-0.05, 0) is 52.6 Å². The van der Waals surface area contributed by atoms with Crippen molar-refractivity contribution in [1.82, 2.24) is 10.2 Å². The maximum Gasteiger partial charge on any atom is 0.103 e. The number of rotatable bonds is 3. The van der Waals surface area contributed by atoms with Crippen molar-refractivity contribution < 1.29 is 4.39 Å². The molecular weight excluding hydrogens is 191 g/mol. The van der Waals surface area contributed by atoms with Crippen LogP contribution >= 0.6 is 0 Å². The molecule has 0 atom stereocenters. The molecule has 0 aromatic carbocycles. The molecule has 2 rings (SSSR count). The van der Waals surface area contributed by atoms with Crippen LogP contribution in [0.25, 0.3) is 0 Å². The Kier molecular flexibility index (Phi) is 3.62. The Hall–Kier alpha value is -0.150. The van der Waals surface area contributed by atoms with Gasteiger partial charge in [-0.15, -0.1) is 0 Å². The first kappa shape index (κ1) is 11.3. The fourth-order valence-corrected chi connectivity index (χ4v) is 2.60. The summed E-state index contributed by atoms with van der Waals surface area (Å²) in [6.07, 6.45) is 3.41. The van der Waals surface area contributed by atoms with Gasteiger partial charge < -0.3 is 10.2 Å². The van der Waals surface area contributed by atoms with Gasteiger partial charge in [-0.3, -0.25) is 0 Å². The fourth-order valence-electron chi connectivity index (χ4n) is 2.60. The van der Waals surface area contributed by atoms with Crippen molar-refractivity contribution in [3.63, 3.8) is 0 Å². The summed E-state index contributed by atoms with van der Waals surface area (Å²) < 4.78 is 12.6. The van der Waals surface area contributed by atoms with Crippen molar-refractivity contribution in [2.45, 2.75) is 63.8 Å². The van der Waals surface area contributed by atoms with Crippen molar-refractivity contribution in [2.75, 3.05) is 13.1 Å². The summed E-state index contributed by atoms with van der Waals surface area (Å²) in [5.41, 5.74) is 0. The molecule has 1 N–H and O–H groups in total. The van der Waals surface area contributed by atoms with Gasteiger partial charge in [0.15, 0.2) is 0 Å². The Morgan fingerprint density at radius 2 is 1.73 bits per heavy atom. The molecule has 0 spiro atoms. The van der Waals surface area contributed by atoms with E-state index in [0.29, 0.717) is 18.1 Å². The van der Waals surface area contributed by atoms with E-state index in [-0.39, 0.29) is 0 Å². The van der Waals surface area contributed by atoms with Gasteiger partial charge in [0.05, 0.1) is 0 Å². The predicted molar refractivity (Wildman–Crippen MR) is 60.8 cm³/mol. The molecule has 3 heteroatoms. The number of nitrogens with zero attached hydrogens (tertiary/aromatic N) is 1. The molecule has 1 saturated carbocycles. The third-order valence-electron chi connectivity index (χ3n) is 3.81. The van der Waals surface area contributed by atoms with Gasteiger partial charge in [-0.1, -0.05) is 0 Å². The third-order valence-corrected chi connectivity index (χ3v) is 3.81. The SMILES string of the molecule is CC(C)N1CCC(NC2CC(F)C2)CC1. The Morgan fingerprint density at radius 1 is 1.13 bits per heavy atom. The Labute approximate surface area is 92.2 Å². The van der Waals surface area contributed by atoms with E-state index in [9.17, 15) is 4.39 Å². The van der Waals surface area contributed by atoms with Crippen molar-refractivity contribution in [1.29, 1.82) is 0 Å². The normalized spacial score (nSPS) is 34.4. The number of hydrogen-bond donors (Lipinski definition) is 1. The highest BCUT2D eigenvalue weighted by molar-refractivity contribution is 4.89. The molecule has 1 aliphatic carbocycles. The smallest absolute Gasteiger partial charge is 0.103 e. The molecular formula is C12H23FN2. The van der Waals surface area contributed by atoms with Crippen LogP contribution in [0.1, 0.15) is 39.5 Å². The second-order valence-electron chi connectivity index (χ2n) is 5.34. The summed E-state index contributed by atoms with van der Waals surface area (Å²) >= 11 is 0. The van der Waals surface area contributed by atoms with Crippen LogP contribution in [0.4, 0.5) is 4.39 Å². The van der Waals surface area contributed by atoms with Crippen LogP contribution in [0.3, 0.4) is 0 Å². The van der Waals surface area contributed by atoms with Crippen LogP contribution in [-0.2, 0) is 0 Å². The van der Waals surface area contributed by atoms with Crippen molar-refractivity contribution in [2.24, 2.45) is 0 Å². The molecule has 2 fully saturated rings. The zero-order chi connectivity index (χ0) is 10.8. The summed E-state index contributed by atoms with van der Waals surface area (Å²) in [7, 11) is 0. The van der Waals surface area contributed by atoms with E-state index in [0.717, 1.165) is 12.8 Å². The summed E-state index contributed by atoms with van der Waals surface area (Å²) in [5, 5.41) is 3.58. The highest BCUT2D eigenvalue weighted by atomic mass is 19.1. The zero-order valence-corrected chi connectivity index (χ0v) is 9.88. The van der Waals surface area contributed by atoms with Gasteiger partial charge in [0.2, 0.25) is 0 Å². The van der Waals surface area contributed by atoms with E-state index < -0.39 is 6.17 Å². The summed E-state index contributed by atoms with van der Waals surface area (Å²) in [4.78, 5) is 2.52. The second-order valence-corrected chi connectivity index (χ2v) is 5.34. The summed E-state index contributed by atoms with van der Waals surface area (Å²) in [5.74, 6) is 0. The average molecular weight is 214 g/mol. The highest BCUT2D eigenvalue weighted by Gasteiger charge is 2.31. The molecule has 0 unspecified atom stereocenters. The Morgan fingerprint density at radius 3 is 2.20 bits per heavy atom. The number of hydrogen-bond acceptors (Lipinski definition) is 2. The first-order valence-electron chi connectivity index (χ1n) is 6.29. The van der Waals surface area contributed by atoms with Gasteiger partial charge in [0, 0.05) is 18.1 Å². The van der Waals surface area contributed by atoms with Crippen LogP contribution < -0.4 is 5.32 Å². The molecule has 2 nitrogen and oxygen atoms in total. The lowest BCUT2D eigenvalue weighted by molar-refractivity contribution is 0.115. The van der Waals surface area contributed by atoms with Crippen LogP contribution in [0.2, 0.25) is 0 Å². The molecule has 0 bridgehead atoms. The van der Waals surface area contributed by atoms with E-state index in [4.69, 9.17) is 0 Å². The van der Waals surface area contributed by atoms with Gasteiger partial charge in [0.1, 0.15) is 6.17 Å². The summed E-state index contributed by atoms with van der Waals surface area (Å²) in [6.45, 7) is 6.91. The monoisotopic (exact) mass is 214 g/mol. The van der Waals surface area contributed by atoms with Gasteiger partial charge >= 0.3 is 0 Å². The van der Waals surface area contributed by atoms with Crippen LogP contribution in [0, 0.1) is 0 Å². The molecule has 0 amide bonds. The third kappa shape index (κ3) is 2.91. The largest absolute Gasteiger partial charge is 0.311 e. The Balaban J connectivity index is 1.65. The zero-order valence-electron chi connectivity index (χ0n) is 9.88. The minimum Gasteiger partial charge on any atom is -0.311 e. The topological polar surface area (TPSA) is 15.3 Å². The standard InChI is InChI=1S/C12H23FN2/c1-9(2)15-5-3-11(4-6-15)14-12-7-10(13)8-12/h9-12,14H,3-8H2,1-2H3. The number of likely N-dealkylation sites (tertiary alicyclic amines) is 1. The number of halogens is 1. The predicted octanol–water partition coefficient (Wildman–Crippen LogP) is 1.95. The molecule has 0 radical (unpaired) electrons. The molecule has 88 valence electrons. The molecule has 1 aliphatic heterocycles. The van der Waals surface area contributed by atoms with Crippen molar-refractivity contribution in [3.8, 4) is 0 Å². The number of alkyl halides is 1. The molecule has 0 aromatic heterocycles. The quantitative estimate of drug-likeness (QED) is 0.772. The van der Waals surface area contributed by atoms with Crippen molar-refractivity contribution >= 4 is 0 Å². The number of piperidine rings is 1. The van der Waals surface area contributed by atoms with Gasteiger partial charge in [-0.25, -0.2) is 4.39 Å². The van der Waals surface area contributed by atoms with Crippen LogP contribution in [0.15, 0.2) is 0 Å². The lowest BCUT2D eigenvalue weighted by atomic mass is 9.89. The highest BCUT2D eigenvalue weighted by Crippen LogP contribution is 2.25. The van der Waals surface area contributed by atoms with E-state index in [1.807, 2.05) is 0 Å². The maximum absolute atomic E-state index is 12.6. The molecule has 15 heavy (non-hydrogen) atoms. The van der Waals surface area contributed by atoms with Gasteiger partial charge in [-0.2, -0.15) is 0 Å². The van der Waals surface area contributed by atoms with E-state index >= 15 is 0 Å². The lowest BCUT2D eigenvalue weighted by Gasteiger charge is -2.39. The molecule has 1 heterocycles.